The fourth-order valence-corrected chi connectivity index (χ4v) is 6.05. The first-order valence-corrected chi connectivity index (χ1v) is 11.2. The van der Waals surface area contributed by atoms with E-state index in [9.17, 15) is 9.65 Å². The molecule has 160 valence electrons. The van der Waals surface area contributed by atoms with Crippen LogP contribution >= 0.6 is 22.9 Å². The van der Waals surface area contributed by atoms with Crippen molar-refractivity contribution in [2.45, 2.75) is 18.5 Å². The Labute approximate surface area is 190 Å². The first kappa shape index (κ1) is 19.6. The molecule has 2 aromatic carbocycles. The zero-order valence-electron chi connectivity index (χ0n) is 16.5. The van der Waals surface area contributed by atoms with Gasteiger partial charge in [0, 0.05) is 41.5 Å². The molecule has 0 saturated carbocycles. The van der Waals surface area contributed by atoms with Crippen LogP contribution in [0, 0.1) is 23.0 Å². The third-order valence-corrected chi connectivity index (χ3v) is 7.55. The van der Waals surface area contributed by atoms with Gasteiger partial charge in [0.15, 0.2) is 5.82 Å². The van der Waals surface area contributed by atoms with E-state index < -0.39 is 11.6 Å². The molecule has 0 radical (unpaired) electrons. The Kier molecular flexibility index (Phi) is 4.27. The summed E-state index contributed by atoms with van der Waals surface area (Å²) < 4.78 is 30.5. The lowest BCUT2D eigenvalue weighted by Gasteiger charge is -2.48. The van der Waals surface area contributed by atoms with Crippen LogP contribution in [0.5, 0.6) is 0 Å². The highest BCUT2D eigenvalue weighted by atomic mass is 35.5. The second kappa shape index (κ2) is 6.97. The maximum absolute atomic E-state index is 15.9. The van der Waals surface area contributed by atoms with Gasteiger partial charge in [-0.25, -0.2) is 18.7 Å². The molecule has 5 heterocycles. The Morgan fingerprint density at radius 1 is 1.25 bits per heavy atom. The molecular weight excluding hydrogens is 454 g/mol. The first-order valence-electron chi connectivity index (χ1n) is 10.0. The van der Waals surface area contributed by atoms with Crippen molar-refractivity contribution in [2.75, 3.05) is 23.7 Å². The van der Waals surface area contributed by atoms with Crippen LogP contribution in [-0.2, 0) is 0 Å². The SMILES string of the molecule is N#Cc1c(N)sc2c(F)ccc(-c3c(Cl)cc4c(N5CC6CC(C5)N6)ncnc4c3F)c12. The average Bonchev–Trinajstić information content (AvgIpc) is 3.11. The predicted octanol–water partition coefficient (Wildman–Crippen LogP) is 4.45. The Balaban J connectivity index is 1.59. The van der Waals surface area contributed by atoms with E-state index in [4.69, 9.17) is 17.3 Å². The molecule has 3 N–H and O–H groups in total. The molecule has 2 atom stereocenters. The summed E-state index contributed by atoms with van der Waals surface area (Å²) in [5, 5.41) is 14.1. The minimum absolute atomic E-state index is 0.0614. The molecule has 2 bridgehead atoms. The van der Waals surface area contributed by atoms with Crippen LogP contribution in [-0.4, -0.2) is 35.1 Å². The summed E-state index contributed by atoms with van der Waals surface area (Å²) in [6, 6.07) is 7.11. The number of fused-ring (bicyclic) bond motifs is 4. The number of nitriles is 1. The molecule has 6 nitrogen and oxygen atoms in total. The van der Waals surface area contributed by atoms with E-state index in [0.717, 1.165) is 30.8 Å². The van der Waals surface area contributed by atoms with Gasteiger partial charge in [-0.05, 0) is 24.1 Å². The number of benzene rings is 2. The van der Waals surface area contributed by atoms with Crippen LogP contribution in [0.25, 0.3) is 32.1 Å². The molecule has 3 saturated heterocycles. The fraction of sp³-hybridized carbons (Fsp3) is 0.227. The van der Waals surface area contributed by atoms with E-state index >= 15 is 4.39 Å². The lowest BCUT2D eigenvalue weighted by molar-refractivity contribution is 0.225. The molecule has 4 aromatic rings. The quantitative estimate of drug-likeness (QED) is 0.451. The Morgan fingerprint density at radius 3 is 2.72 bits per heavy atom. The topological polar surface area (TPSA) is 90.9 Å². The van der Waals surface area contributed by atoms with E-state index in [1.54, 1.807) is 6.07 Å². The highest BCUT2D eigenvalue weighted by molar-refractivity contribution is 7.23. The molecule has 3 fully saturated rings. The Hall–Kier alpha value is -3.06. The number of nitrogen functional groups attached to an aromatic ring is 1. The second-order valence-corrected chi connectivity index (χ2v) is 9.55. The molecule has 3 aliphatic heterocycles. The Bertz CT molecular complexity index is 1460. The van der Waals surface area contributed by atoms with Crippen molar-refractivity contribution < 1.29 is 8.78 Å². The number of nitrogens with two attached hydrogens (primary N) is 1. The lowest BCUT2D eigenvalue weighted by atomic mass is 9.91. The van der Waals surface area contributed by atoms with Crippen molar-refractivity contribution in [1.82, 2.24) is 15.3 Å². The van der Waals surface area contributed by atoms with Gasteiger partial charge in [0.05, 0.1) is 15.3 Å². The number of nitrogens with one attached hydrogen (secondary N) is 1. The van der Waals surface area contributed by atoms with E-state index in [-0.39, 0.29) is 36.8 Å². The van der Waals surface area contributed by atoms with Gasteiger partial charge in [-0.1, -0.05) is 17.7 Å². The van der Waals surface area contributed by atoms with Crippen LogP contribution in [0.3, 0.4) is 0 Å². The number of rotatable bonds is 2. The molecule has 0 amide bonds. The van der Waals surface area contributed by atoms with Crippen LogP contribution < -0.4 is 16.0 Å². The monoisotopic (exact) mass is 468 g/mol. The average molecular weight is 469 g/mol. The van der Waals surface area contributed by atoms with Gasteiger partial charge in [-0.15, -0.1) is 11.3 Å². The molecule has 7 rings (SSSR count). The van der Waals surface area contributed by atoms with Crippen molar-refractivity contribution >= 4 is 54.7 Å². The van der Waals surface area contributed by atoms with Gasteiger partial charge < -0.3 is 16.0 Å². The number of piperidine rings is 1. The molecule has 3 aliphatic rings. The van der Waals surface area contributed by atoms with Crippen molar-refractivity contribution in [2.24, 2.45) is 0 Å². The van der Waals surface area contributed by atoms with Crippen molar-refractivity contribution in [3.8, 4) is 17.2 Å². The molecule has 32 heavy (non-hydrogen) atoms. The highest BCUT2D eigenvalue weighted by Gasteiger charge is 2.37. The summed E-state index contributed by atoms with van der Waals surface area (Å²) in [6.07, 6.45) is 2.47. The van der Waals surface area contributed by atoms with Gasteiger partial charge in [0.1, 0.15) is 34.5 Å². The molecule has 2 unspecified atom stereocenters. The predicted molar refractivity (Wildman–Crippen MR) is 122 cm³/mol. The maximum atomic E-state index is 15.9. The smallest absolute Gasteiger partial charge is 0.158 e. The van der Waals surface area contributed by atoms with Gasteiger partial charge in [0.2, 0.25) is 0 Å². The zero-order valence-corrected chi connectivity index (χ0v) is 18.1. The van der Waals surface area contributed by atoms with Gasteiger partial charge in [0.25, 0.3) is 0 Å². The molecule has 10 heteroatoms. The summed E-state index contributed by atoms with van der Waals surface area (Å²) in [7, 11) is 0. The third-order valence-electron chi connectivity index (χ3n) is 6.22. The maximum Gasteiger partial charge on any atom is 0.158 e. The van der Waals surface area contributed by atoms with Crippen molar-refractivity contribution in [3.63, 3.8) is 0 Å². The number of thiophene rings is 1. The number of nitrogens with zero attached hydrogens (tertiary/aromatic N) is 4. The van der Waals surface area contributed by atoms with E-state index in [1.807, 2.05) is 6.07 Å². The van der Waals surface area contributed by atoms with Gasteiger partial charge in [-0.3, -0.25) is 0 Å². The fourth-order valence-electron chi connectivity index (χ4n) is 4.81. The summed E-state index contributed by atoms with van der Waals surface area (Å²) >= 11 is 7.56. The molecule has 2 aromatic heterocycles. The minimum atomic E-state index is -0.641. The Morgan fingerprint density at radius 2 is 2.00 bits per heavy atom. The number of hydrogen-bond donors (Lipinski definition) is 2. The zero-order chi connectivity index (χ0) is 22.1. The summed E-state index contributed by atoms with van der Waals surface area (Å²) in [6.45, 7) is 1.56. The van der Waals surface area contributed by atoms with Crippen molar-refractivity contribution in [3.05, 3.63) is 46.7 Å². The number of piperazine rings is 1. The van der Waals surface area contributed by atoms with Crippen LogP contribution in [0.2, 0.25) is 5.02 Å². The summed E-state index contributed by atoms with van der Waals surface area (Å²) in [5.74, 6) is -0.528. The highest BCUT2D eigenvalue weighted by Crippen LogP contribution is 2.45. The van der Waals surface area contributed by atoms with Crippen LogP contribution in [0.1, 0.15) is 12.0 Å². The second-order valence-electron chi connectivity index (χ2n) is 8.09. The van der Waals surface area contributed by atoms with E-state index in [2.05, 4.69) is 20.2 Å². The minimum Gasteiger partial charge on any atom is -0.389 e. The number of aromatic nitrogens is 2. The van der Waals surface area contributed by atoms with Gasteiger partial charge in [-0.2, -0.15) is 5.26 Å². The number of hydrogen-bond acceptors (Lipinski definition) is 7. The number of anilines is 2. The molecule has 0 aliphatic carbocycles. The summed E-state index contributed by atoms with van der Waals surface area (Å²) in [4.78, 5) is 10.7. The van der Waals surface area contributed by atoms with Gasteiger partial charge >= 0.3 is 0 Å². The molecule has 0 spiro atoms. The standard InChI is InChI=1S/C22H15ClF2N6S/c23-14-4-12-19(28-8-29-22(12)31-6-9-3-10(7-31)30-9)18(25)17(14)11-1-2-15(24)20-16(11)13(5-26)21(27)32-20/h1-2,4,8-10,30H,3,6-7,27H2. The number of halogens is 3. The molecular formula is C22H15ClF2N6S. The summed E-state index contributed by atoms with van der Waals surface area (Å²) in [5.41, 5.74) is 6.54. The first-order chi connectivity index (χ1) is 15.5. The third kappa shape index (κ3) is 2.70. The lowest BCUT2D eigenvalue weighted by Crippen LogP contribution is -2.67. The largest absolute Gasteiger partial charge is 0.389 e. The van der Waals surface area contributed by atoms with E-state index in [1.165, 1.54) is 18.5 Å². The van der Waals surface area contributed by atoms with Crippen LogP contribution in [0.15, 0.2) is 24.5 Å². The van der Waals surface area contributed by atoms with Crippen LogP contribution in [0.4, 0.5) is 19.6 Å². The van der Waals surface area contributed by atoms with Crippen molar-refractivity contribution in [1.29, 1.82) is 5.26 Å². The normalized spacial score (nSPS) is 19.9. The van der Waals surface area contributed by atoms with E-state index in [0.29, 0.717) is 28.9 Å².